The maximum absolute atomic E-state index is 13.8. The van der Waals surface area contributed by atoms with Crippen LogP contribution in [-0.4, -0.2) is 49.8 Å². The lowest BCUT2D eigenvalue weighted by Crippen LogP contribution is -2.55. The van der Waals surface area contributed by atoms with Crippen LogP contribution in [0.2, 0.25) is 5.02 Å². The van der Waals surface area contributed by atoms with Crippen LogP contribution in [-0.2, 0) is 0 Å². The second-order valence-corrected chi connectivity index (χ2v) is 5.69. The van der Waals surface area contributed by atoms with Gasteiger partial charge < -0.3 is 15.0 Å². The maximum atomic E-state index is 13.8. The monoisotopic (exact) mass is 313 g/mol. The van der Waals surface area contributed by atoms with Gasteiger partial charge in [-0.3, -0.25) is 4.90 Å². The van der Waals surface area contributed by atoms with Gasteiger partial charge in [-0.25, -0.2) is 9.18 Å². The number of nitrogens with zero attached hydrogens (tertiary/aromatic N) is 2. The molecule has 0 bridgehead atoms. The molecule has 0 aromatic heterocycles. The zero-order valence-electron chi connectivity index (χ0n) is 11.7. The summed E-state index contributed by atoms with van der Waals surface area (Å²) in [4.78, 5) is 16.1. The van der Waals surface area contributed by atoms with Gasteiger partial charge in [0.25, 0.3) is 0 Å². The summed E-state index contributed by atoms with van der Waals surface area (Å²) in [5.74, 6) is -0.103. The van der Waals surface area contributed by atoms with Crippen LogP contribution in [0.5, 0.6) is 5.75 Å². The topological polar surface area (TPSA) is 44.8 Å². The fraction of sp³-hybridized carbons (Fsp3) is 0.500. The number of halogens is 2. The van der Waals surface area contributed by atoms with Crippen LogP contribution in [0.1, 0.15) is 6.92 Å². The Bertz CT molecular complexity index is 563. The van der Waals surface area contributed by atoms with E-state index in [-0.39, 0.29) is 17.1 Å². The highest BCUT2D eigenvalue weighted by Crippen LogP contribution is 2.38. The maximum Gasteiger partial charge on any atom is 0.325 e. The van der Waals surface area contributed by atoms with Gasteiger partial charge in [-0.1, -0.05) is 11.6 Å². The molecule has 2 aliphatic heterocycles. The minimum atomic E-state index is -0.550. The SMILES string of the molecule is CC1COc2cc(Cl)c(F)cc2N1C(=O)N1CCNCC1. The molecule has 2 amide bonds. The summed E-state index contributed by atoms with van der Waals surface area (Å²) in [5.41, 5.74) is 0.444. The molecule has 0 aliphatic carbocycles. The molecule has 3 rings (SSSR count). The van der Waals surface area contributed by atoms with Gasteiger partial charge in [0.15, 0.2) is 0 Å². The molecule has 7 heteroatoms. The number of piperazine rings is 1. The molecule has 114 valence electrons. The molecule has 21 heavy (non-hydrogen) atoms. The van der Waals surface area contributed by atoms with Crippen molar-refractivity contribution in [3.05, 3.63) is 23.0 Å². The van der Waals surface area contributed by atoms with E-state index in [2.05, 4.69) is 5.32 Å². The summed E-state index contributed by atoms with van der Waals surface area (Å²) in [6.45, 7) is 5.09. The van der Waals surface area contributed by atoms with Crippen molar-refractivity contribution in [1.82, 2.24) is 10.2 Å². The number of hydrogen-bond acceptors (Lipinski definition) is 3. The van der Waals surface area contributed by atoms with Crippen LogP contribution in [0.25, 0.3) is 0 Å². The lowest BCUT2D eigenvalue weighted by molar-refractivity contribution is 0.186. The molecule has 1 unspecified atom stereocenters. The van der Waals surface area contributed by atoms with Crippen molar-refractivity contribution in [2.45, 2.75) is 13.0 Å². The summed E-state index contributed by atoms with van der Waals surface area (Å²) in [6.07, 6.45) is 0. The molecule has 1 N–H and O–H groups in total. The highest BCUT2D eigenvalue weighted by atomic mass is 35.5. The van der Waals surface area contributed by atoms with E-state index in [0.29, 0.717) is 31.1 Å². The van der Waals surface area contributed by atoms with Gasteiger partial charge in [0, 0.05) is 38.3 Å². The molecule has 1 aromatic rings. The van der Waals surface area contributed by atoms with Crippen LogP contribution in [0, 0.1) is 5.82 Å². The number of nitrogens with one attached hydrogen (secondary N) is 1. The number of urea groups is 1. The smallest absolute Gasteiger partial charge is 0.325 e. The Morgan fingerprint density at radius 2 is 2.14 bits per heavy atom. The van der Waals surface area contributed by atoms with Gasteiger partial charge in [-0.15, -0.1) is 0 Å². The van der Waals surface area contributed by atoms with Crippen molar-refractivity contribution in [2.24, 2.45) is 0 Å². The van der Waals surface area contributed by atoms with Crippen molar-refractivity contribution in [3.63, 3.8) is 0 Å². The van der Waals surface area contributed by atoms with Crippen LogP contribution >= 0.6 is 11.6 Å². The van der Waals surface area contributed by atoms with E-state index in [0.717, 1.165) is 13.1 Å². The van der Waals surface area contributed by atoms with Gasteiger partial charge in [-0.05, 0) is 6.92 Å². The predicted molar refractivity (Wildman–Crippen MR) is 78.7 cm³/mol. The molecular weight excluding hydrogens is 297 g/mol. The first-order valence-corrected chi connectivity index (χ1v) is 7.36. The third kappa shape index (κ3) is 2.65. The van der Waals surface area contributed by atoms with Crippen molar-refractivity contribution >= 4 is 23.3 Å². The minimum absolute atomic E-state index is 0.00197. The average Bonchev–Trinajstić information content (AvgIpc) is 2.49. The van der Waals surface area contributed by atoms with Gasteiger partial charge >= 0.3 is 6.03 Å². The molecule has 1 atom stereocenters. The Kier molecular flexibility index (Phi) is 3.91. The number of benzene rings is 1. The summed E-state index contributed by atoms with van der Waals surface area (Å²) in [5, 5.41) is 3.20. The molecule has 1 saturated heterocycles. The molecule has 5 nitrogen and oxygen atoms in total. The number of amides is 2. The first-order chi connectivity index (χ1) is 10.1. The van der Waals surface area contributed by atoms with Crippen molar-refractivity contribution < 1.29 is 13.9 Å². The zero-order chi connectivity index (χ0) is 15.0. The number of anilines is 1. The largest absolute Gasteiger partial charge is 0.489 e. The van der Waals surface area contributed by atoms with Crippen LogP contribution < -0.4 is 15.0 Å². The number of carbonyl (C=O) groups excluding carboxylic acids is 1. The lowest BCUT2D eigenvalue weighted by atomic mass is 10.1. The molecule has 1 fully saturated rings. The van der Waals surface area contributed by atoms with Gasteiger partial charge in [0.05, 0.1) is 16.8 Å². The second kappa shape index (κ2) is 5.69. The van der Waals surface area contributed by atoms with Crippen LogP contribution in [0.15, 0.2) is 12.1 Å². The number of hydrogen-bond donors (Lipinski definition) is 1. The standard InChI is InChI=1S/C14H17ClFN3O2/c1-9-8-21-13-6-10(15)11(16)7-12(13)19(9)14(20)18-4-2-17-3-5-18/h6-7,9,17H,2-5,8H2,1H3. The third-order valence-electron chi connectivity index (χ3n) is 3.78. The molecule has 2 heterocycles. The first kappa shape index (κ1) is 14.4. The Balaban J connectivity index is 1.94. The van der Waals surface area contributed by atoms with E-state index in [1.807, 2.05) is 6.92 Å². The molecule has 0 radical (unpaired) electrons. The van der Waals surface area contributed by atoms with E-state index in [4.69, 9.17) is 16.3 Å². The van der Waals surface area contributed by atoms with Gasteiger partial charge in [0.2, 0.25) is 0 Å². The summed E-state index contributed by atoms with van der Waals surface area (Å²) < 4.78 is 19.3. The Labute approximate surface area is 127 Å². The average molecular weight is 314 g/mol. The summed E-state index contributed by atoms with van der Waals surface area (Å²) >= 11 is 5.78. The summed E-state index contributed by atoms with van der Waals surface area (Å²) in [6, 6.07) is 2.43. The van der Waals surface area contributed by atoms with Crippen molar-refractivity contribution in [1.29, 1.82) is 0 Å². The van der Waals surface area contributed by atoms with Crippen LogP contribution in [0.4, 0.5) is 14.9 Å². The number of carbonyl (C=O) groups is 1. The van der Waals surface area contributed by atoms with E-state index in [1.54, 1.807) is 9.80 Å². The van der Waals surface area contributed by atoms with E-state index >= 15 is 0 Å². The lowest BCUT2D eigenvalue weighted by Gasteiger charge is -2.39. The molecular formula is C14H17ClFN3O2. The molecule has 0 spiro atoms. The van der Waals surface area contributed by atoms with E-state index in [1.165, 1.54) is 12.1 Å². The first-order valence-electron chi connectivity index (χ1n) is 6.98. The van der Waals surface area contributed by atoms with Crippen molar-refractivity contribution in [2.75, 3.05) is 37.7 Å². The molecule has 0 saturated carbocycles. The van der Waals surface area contributed by atoms with Gasteiger partial charge in [-0.2, -0.15) is 0 Å². The fourth-order valence-corrected chi connectivity index (χ4v) is 2.80. The molecule has 1 aromatic carbocycles. The molecule has 2 aliphatic rings. The van der Waals surface area contributed by atoms with Crippen LogP contribution in [0.3, 0.4) is 0 Å². The number of rotatable bonds is 0. The normalized spacial score (nSPS) is 21.8. The number of fused-ring (bicyclic) bond motifs is 1. The Morgan fingerprint density at radius 1 is 1.43 bits per heavy atom. The minimum Gasteiger partial charge on any atom is -0.489 e. The van der Waals surface area contributed by atoms with E-state index < -0.39 is 5.82 Å². The fourth-order valence-electron chi connectivity index (χ4n) is 2.64. The van der Waals surface area contributed by atoms with E-state index in [9.17, 15) is 9.18 Å². The van der Waals surface area contributed by atoms with Gasteiger partial charge in [0.1, 0.15) is 18.2 Å². The third-order valence-corrected chi connectivity index (χ3v) is 4.07. The predicted octanol–water partition coefficient (Wildman–Crippen LogP) is 2.09. The second-order valence-electron chi connectivity index (χ2n) is 5.28. The Morgan fingerprint density at radius 3 is 2.86 bits per heavy atom. The highest BCUT2D eigenvalue weighted by Gasteiger charge is 2.33. The van der Waals surface area contributed by atoms with Crippen molar-refractivity contribution in [3.8, 4) is 5.75 Å². The summed E-state index contributed by atoms with van der Waals surface area (Å²) in [7, 11) is 0. The Hall–Kier alpha value is -1.53. The highest BCUT2D eigenvalue weighted by molar-refractivity contribution is 6.31. The number of ether oxygens (including phenoxy) is 1. The zero-order valence-corrected chi connectivity index (χ0v) is 12.5. The quantitative estimate of drug-likeness (QED) is 0.798.